The van der Waals surface area contributed by atoms with Crippen LogP contribution in [-0.2, 0) is 14.4 Å². The number of carbonyl (C=O) groups is 4. The lowest BCUT2D eigenvalue weighted by molar-refractivity contribution is -0.142. The summed E-state index contributed by atoms with van der Waals surface area (Å²) >= 11 is 0. The monoisotopic (exact) mass is 375 g/mol. The van der Waals surface area contributed by atoms with Crippen molar-refractivity contribution < 1.29 is 24.3 Å². The molecule has 146 valence electrons. The van der Waals surface area contributed by atoms with Crippen LogP contribution in [0.5, 0.6) is 0 Å². The van der Waals surface area contributed by atoms with Gasteiger partial charge in [0.15, 0.2) is 0 Å². The van der Waals surface area contributed by atoms with Crippen LogP contribution in [0.15, 0.2) is 24.3 Å². The number of carboxylic acids is 1. The Kier molecular flexibility index (Phi) is 6.92. The predicted octanol–water partition coefficient (Wildman–Crippen LogP) is 1.38. The summed E-state index contributed by atoms with van der Waals surface area (Å²) in [4.78, 5) is 47.1. The van der Waals surface area contributed by atoms with Crippen LogP contribution in [0.1, 0.15) is 43.5 Å². The van der Waals surface area contributed by atoms with Gasteiger partial charge in [0.2, 0.25) is 11.8 Å². The molecular weight excluding hydrogens is 350 g/mol. The van der Waals surface area contributed by atoms with Crippen LogP contribution < -0.4 is 16.0 Å². The van der Waals surface area contributed by atoms with Crippen LogP contribution in [0.2, 0.25) is 0 Å². The van der Waals surface area contributed by atoms with E-state index in [9.17, 15) is 19.2 Å². The number of amides is 3. The molecule has 1 aromatic carbocycles. The zero-order chi connectivity index (χ0) is 20.0. The normalized spacial score (nSPS) is 14.3. The summed E-state index contributed by atoms with van der Waals surface area (Å²) < 4.78 is 0. The molecule has 1 aliphatic carbocycles. The number of hydrogen-bond acceptors (Lipinski definition) is 4. The van der Waals surface area contributed by atoms with Crippen LogP contribution in [0.25, 0.3) is 0 Å². The van der Waals surface area contributed by atoms with E-state index in [0.29, 0.717) is 17.7 Å². The van der Waals surface area contributed by atoms with Crippen molar-refractivity contribution in [2.75, 3.05) is 11.9 Å². The molecule has 1 atom stereocenters. The molecule has 0 unspecified atom stereocenters. The molecule has 0 heterocycles. The first-order valence-corrected chi connectivity index (χ1v) is 8.97. The number of carboxylic acid groups (broad SMARTS) is 1. The molecule has 2 rings (SSSR count). The molecular formula is C19H25N3O5. The lowest BCUT2D eigenvalue weighted by Crippen LogP contribution is -2.46. The average molecular weight is 375 g/mol. The van der Waals surface area contributed by atoms with Gasteiger partial charge in [0.05, 0.1) is 6.54 Å². The molecule has 1 fully saturated rings. The molecule has 3 amide bonds. The van der Waals surface area contributed by atoms with Gasteiger partial charge in [0.1, 0.15) is 6.04 Å². The Morgan fingerprint density at radius 2 is 1.89 bits per heavy atom. The highest BCUT2D eigenvalue weighted by Crippen LogP contribution is 2.30. The highest BCUT2D eigenvalue weighted by Gasteiger charge is 2.29. The number of rotatable bonds is 9. The van der Waals surface area contributed by atoms with Gasteiger partial charge in [-0.2, -0.15) is 0 Å². The first-order chi connectivity index (χ1) is 12.8. The third-order valence-electron chi connectivity index (χ3n) is 4.09. The number of nitrogens with one attached hydrogen (secondary N) is 3. The maximum Gasteiger partial charge on any atom is 0.326 e. The molecule has 8 heteroatoms. The predicted molar refractivity (Wildman–Crippen MR) is 99.2 cm³/mol. The largest absolute Gasteiger partial charge is 0.480 e. The maximum atomic E-state index is 12.2. The highest BCUT2D eigenvalue weighted by molar-refractivity contribution is 5.99. The Hall–Kier alpha value is -2.90. The summed E-state index contributed by atoms with van der Waals surface area (Å²) in [5, 5.41) is 16.7. The molecule has 1 aliphatic rings. The van der Waals surface area contributed by atoms with Gasteiger partial charge in [0, 0.05) is 17.2 Å². The van der Waals surface area contributed by atoms with E-state index in [1.54, 1.807) is 18.2 Å². The van der Waals surface area contributed by atoms with Gasteiger partial charge >= 0.3 is 5.97 Å². The molecule has 1 saturated carbocycles. The Bertz CT molecular complexity index is 728. The number of carbonyl (C=O) groups excluding carboxylic acids is 3. The summed E-state index contributed by atoms with van der Waals surface area (Å²) in [5.74, 6) is -2.06. The molecule has 8 nitrogen and oxygen atoms in total. The summed E-state index contributed by atoms with van der Waals surface area (Å²) in [7, 11) is 0. The van der Waals surface area contributed by atoms with Gasteiger partial charge in [-0.3, -0.25) is 14.4 Å². The SMILES string of the molecule is CC(C)C[C@H](NC(=O)CNC(=O)c1cccc(NC(=O)C2CC2)c1)C(=O)O. The van der Waals surface area contributed by atoms with Gasteiger partial charge in [0.25, 0.3) is 5.91 Å². The number of hydrogen-bond donors (Lipinski definition) is 4. The van der Waals surface area contributed by atoms with Crippen molar-refractivity contribution in [3.8, 4) is 0 Å². The second-order valence-electron chi connectivity index (χ2n) is 7.11. The van der Waals surface area contributed by atoms with Crippen LogP contribution in [0, 0.1) is 11.8 Å². The van der Waals surface area contributed by atoms with E-state index in [0.717, 1.165) is 12.8 Å². The molecule has 0 aromatic heterocycles. The first kappa shape index (κ1) is 20.4. The average Bonchev–Trinajstić information content (AvgIpc) is 3.44. The van der Waals surface area contributed by atoms with Gasteiger partial charge in [-0.1, -0.05) is 19.9 Å². The lowest BCUT2D eigenvalue weighted by Gasteiger charge is -2.16. The van der Waals surface area contributed by atoms with E-state index in [-0.39, 0.29) is 24.3 Å². The summed E-state index contributed by atoms with van der Waals surface area (Å²) in [6, 6.07) is 5.44. The van der Waals surface area contributed by atoms with E-state index in [4.69, 9.17) is 5.11 Å². The van der Waals surface area contributed by atoms with Crippen molar-refractivity contribution >= 4 is 29.4 Å². The third-order valence-corrected chi connectivity index (χ3v) is 4.09. The fourth-order valence-electron chi connectivity index (χ4n) is 2.53. The van der Waals surface area contributed by atoms with E-state index >= 15 is 0 Å². The van der Waals surface area contributed by atoms with Crippen molar-refractivity contribution in [1.82, 2.24) is 10.6 Å². The fourth-order valence-corrected chi connectivity index (χ4v) is 2.53. The second kappa shape index (κ2) is 9.16. The summed E-state index contributed by atoms with van der Waals surface area (Å²) in [5.41, 5.74) is 0.820. The molecule has 1 aromatic rings. The van der Waals surface area contributed by atoms with Crippen molar-refractivity contribution in [1.29, 1.82) is 0 Å². The van der Waals surface area contributed by atoms with Gasteiger partial charge in [-0.15, -0.1) is 0 Å². The Morgan fingerprint density at radius 3 is 2.48 bits per heavy atom. The number of aliphatic carboxylic acids is 1. The van der Waals surface area contributed by atoms with Crippen molar-refractivity contribution in [2.24, 2.45) is 11.8 Å². The van der Waals surface area contributed by atoms with Crippen LogP contribution in [0.4, 0.5) is 5.69 Å². The topological polar surface area (TPSA) is 125 Å². The molecule has 0 radical (unpaired) electrons. The Labute approximate surface area is 157 Å². The van der Waals surface area contributed by atoms with Crippen molar-refractivity contribution in [3.63, 3.8) is 0 Å². The van der Waals surface area contributed by atoms with Gasteiger partial charge in [-0.05, 0) is 43.4 Å². The molecule has 0 aliphatic heterocycles. The van der Waals surface area contributed by atoms with E-state index in [1.165, 1.54) is 6.07 Å². The van der Waals surface area contributed by atoms with Crippen LogP contribution >= 0.6 is 0 Å². The first-order valence-electron chi connectivity index (χ1n) is 8.97. The van der Waals surface area contributed by atoms with Crippen LogP contribution in [-0.4, -0.2) is 41.4 Å². The third kappa shape index (κ3) is 6.73. The molecule has 27 heavy (non-hydrogen) atoms. The zero-order valence-corrected chi connectivity index (χ0v) is 15.5. The van der Waals surface area contributed by atoms with E-state index < -0.39 is 23.8 Å². The minimum Gasteiger partial charge on any atom is -0.480 e. The quantitative estimate of drug-likeness (QED) is 0.519. The van der Waals surface area contributed by atoms with Crippen LogP contribution in [0.3, 0.4) is 0 Å². The Balaban J connectivity index is 1.86. The minimum absolute atomic E-state index is 0.0548. The highest BCUT2D eigenvalue weighted by atomic mass is 16.4. The second-order valence-corrected chi connectivity index (χ2v) is 7.11. The summed E-state index contributed by atoms with van der Waals surface area (Å²) in [6.07, 6.45) is 2.07. The lowest BCUT2D eigenvalue weighted by atomic mass is 10.0. The van der Waals surface area contributed by atoms with Gasteiger partial charge < -0.3 is 21.1 Å². The number of benzene rings is 1. The van der Waals surface area contributed by atoms with Crippen molar-refractivity contribution in [2.45, 2.75) is 39.2 Å². The standard InChI is InChI=1S/C19H25N3O5/c1-11(2)8-15(19(26)27)22-16(23)10-20-17(24)13-4-3-5-14(9-13)21-18(25)12-6-7-12/h3-5,9,11-12,15H,6-8,10H2,1-2H3,(H,20,24)(H,21,25)(H,22,23)(H,26,27)/t15-/m0/s1. The molecule has 0 saturated heterocycles. The maximum absolute atomic E-state index is 12.2. The Morgan fingerprint density at radius 1 is 1.19 bits per heavy atom. The fraction of sp³-hybridized carbons (Fsp3) is 0.474. The van der Waals surface area contributed by atoms with E-state index in [2.05, 4.69) is 16.0 Å². The van der Waals surface area contributed by atoms with Crippen molar-refractivity contribution in [3.05, 3.63) is 29.8 Å². The number of anilines is 1. The molecule has 0 spiro atoms. The smallest absolute Gasteiger partial charge is 0.326 e. The zero-order valence-electron chi connectivity index (χ0n) is 15.5. The van der Waals surface area contributed by atoms with Gasteiger partial charge in [-0.25, -0.2) is 4.79 Å². The van der Waals surface area contributed by atoms with E-state index in [1.807, 2.05) is 13.8 Å². The summed E-state index contributed by atoms with van der Waals surface area (Å²) in [6.45, 7) is 3.39. The minimum atomic E-state index is -1.11. The molecule has 4 N–H and O–H groups in total. The molecule has 0 bridgehead atoms.